The lowest BCUT2D eigenvalue weighted by atomic mass is 10.1. The molecule has 0 fully saturated rings. The van der Waals surface area contributed by atoms with Crippen LogP contribution in [0.3, 0.4) is 0 Å². The first-order valence-corrected chi connectivity index (χ1v) is 6.55. The molecule has 0 aromatic heterocycles. The summed E-state index contributed by atoms with van der Waals surface area (Å²) in [4.78, 5) is 0. The highest BCUT2D eigenvalue weighted by Gasteiger charge is 1.99. The van der Waals surface area contributed by atoms with Gasteiger partial charge in [0.2, 0.25) is 0 Å². The number of rotatable bonds is 4. The Morgan fingerprint density at radius 1 is 1.33 bits per heavy atom. The van der Waals surface area contributed by atoms with E-state index < -0.39 is 6.63 Å². The third-order valence-corrected chi connectivity index (χ3v) is 2.78. The van der Waals surface area contributed by atoms with E-state index in [0.29, 0.717) is 0 Å². The maximum Gasteiger partial charge on any atom is 0.0854 e. The average Bonchev–Trinajstić information content (AvgIpc) is 1.63. The normalized spacial score (nSPS) is 11.3. The predicted octanol–water partition coefficient (Wildman–Crippen LogP) is 4.21. The van der Waals surface area contributed by atoms with Crippen molar-refractivity contribution in [3.05, 3.63) is 0 Å². The molecule has 0 aliphatic heterocycles. The first-order chi connectivity index (χ1) is 4.13. The van der Waals surface area contributed by atoms with Crippen LogP contribution in [-0.4, -0.2) is 6.16 Å². The largest absolute Gasteiger partial charge is 0.0854 e. The zero-order valence-electron chi connectivity index (χ0n) is 5.90. The maximum absolute atomic E-state index is 5.59. The van der Waals surface area contributed by atoms with Gasteiger partial charge in [-0.2, -0.15) is 0 Å². The number of hydrogen-bond acceptors (Lipinski definition) is 0. The molecule has 0 bridgehead atoms. The zero-order valence-corrected chi connectivity index (χ0v) is 8.31. The monoisotopic (exact) mass is 186 g/mol. The fraction of sp³-hybridized carbons (Fsp3) is 1.00. The summed E-state index contributed by atoms with van der Waals surface area (Å²) in [6.45, 7) is 3.74. The van der Waals surface area contributed by atoms with Gasteiger partial charge in [0.05, 0.1) is 6.63 Å². The molecule has 0 saturated carbocycles. The molecular formula is C6H13Cl2P. The molecule has 0 aromatic rings. The molecule has 0 aliphatic rings. The fourth-order valence-electron chi connectivity index (χ4n) is 0.619. The predicted molar refractivity (Wildman–Crippen MR) is 47.6 cm³/mol. The Balaban J connectivity index is 2.91. The van der Waals surface area contributed by atoms with Gasteiger partial charge in [0.1, 0.15) is 0 Å². The fourth-order valence-corrected chi connectivity index (χ4v) is 1.76. The van der Waals surface area contributed by atoms with Crippen LogP contribution in [0.25, 0.3) is 0 Å². The smallest absolute Gasteiger partial charge is 0.0781 e. The van der Waals surface area contributed by atoms with E-state index in [1.165, 1.54) is 12.8 Å². The minimum Gasteiger partial charge on any atom is -0.0781 e. The highest BCUT2D eigenvalue weighted by atomic mass is 35.9. The van der Waals surface area contributed by atoms with E-state index in [0.717, 1.165) is 12.1 Å². The Labute approximate surface area is 68.3 Å². The van der Waals surface area contributed by atoms with Gasteiger partial charge in [-0.25, -0.2) is 0 Å². The molecule has 0 nitrogen and oxygen atoms in total. The van der Waals surface area contributed by atoms with Crippen molar-refractivity contribution < 1.29 is 0 Å². The molecule has 3 heteroatoms. The SMILES string of the molecule is CC(C)CCCP(Cl)Cl. The summed E-state index contributed by atoms with van der Waals surface area (Å²) in [5.74, 6) is 0.785. The van der Waals surface area contributed by atoms with Crippen LogP contribution in [0.4, 0.5) is 0 Å². The zero-order chi connectivity index (χ0) is 7.28. The van der Waals surface area contributed by atoms with E-state index in [-0.39, 0.29) is 0 Å². The van der Waals surface area contributed by atoms with Gasteiger partial charge >= 0.3 is 0 Å². The third kappa shape index (κ3) is 9.01. The van der Waals surface area contributed by atoms with Crippen molar-refractivity contribution >= 4 is 29.1 Å². The molecular weight excluding hydrogens is 174 g/mol. The van der Waals surface area contributed by atoms with Gasteiger partial charge in [0.25, 0.3) is 0 Å². The van der Waals surface area contributed by atoms with E-state index in [9.17, 15) is 0 Å². The second-order valence-electron chi connectivity index (χ2n) is 2.56. The van der Waals surface area contributed by atoms with E-state index >= 15 is 0 Å². The van der Waals surface area contributed by atoms with Crippen LogP contribution in [-0.2, 0) is 0 Å². The van der Waals surface area contributed by atoms with E-state index in [2.05, 4.69) is 13.8 Å². The Hall–Kier alpha value is 1.01. The minimum atomic E-state index is -0.687. The van der Waals surface area contributed by atoms with Gasteiger partial charge in [0.15, 0.2) is 0 Å². The first-order valence-electron chi connectivity index (χ1n) is 3.22. The van der Waals surface area contributed by atoms with Gasteiger partial charge < -0.3 is 0 Å². The van der Waals surface area contributed by atoms with Crippen LogP contribution < -0.4 is 0 Å². The summed E-state index contributed by atoms with van der Waals surface area (Å²) in [5.41, 5.74) is 0. The lowest BCUT2D eigenvalue weighted by molar-refractivity contribution is 0.579. The second kappa shape index (κ2) is 5.77. The first kappa shape index (κ1) is 10.0. The van der Waals surface area contributed by atoms with Crippen molar-refractivity contribution in [2.24, 2.45) is 5.92 Å². The lowest BCUT2D eigenvalue weighted by Crippen LogP contribution is -1.87. The minimum absolute atomic E-state index is 0.687. The molecule has 0 radical (unpaired) electrons. The van der Waals surface area contributed by atoms with Crippen LogP contribution in [0.1, 0.15) is 26.7 Å². The summed E-state index contributed by atoms with van der Waals surface area (Å²) in [5, 5.41) is 0. The molecule has 0 aromatic carbocycles. The summed E-state index contributed by atoms with van der Waals surface area (Å²) in [6, 6.07) is 0. The molecule has 0 atom stereocenters. The van der Waals surface area contributed by atoms with Crippen molar-refractivity contribution in [1.82, 2.24) is 0 Å². The van der Waals surface area contributed by atoms with Crippen LogP contribution >= 0.6 is 29.1 Å². The van der Waals surface area contributed by atoms with Crippen molar-refractivity contribution in [1.29, 1.82) is 0 Å². The van der Waals surface area contributed by atoms with Crippen LogP contribution in [0.15, 0.2) is 0 Å². The molecule has 0 unspecified atom stereocenters. The topological polar surface area (TPSA) is 0 Å². The van der Waals surface area contributed by atoms with Gasteiger partial charge in [0, 0.05) is 0 Å². The molecule has 0 rings (SSSR count). The van der Waals surface area contributed by atoms with Gasteiger partial charge in [-0.05, 0) is 18.5 Å². The van der Waals surface area contributed by atoms with E-state index in [4.69, 9.17) is 22.5 Å². The lowest BCUT2D eigenvalue weighted by Gasteiger charge is -2.03. The summed E-state index contributed by atoms with van der Waals surface area (Å²) < 4.78 is 0. The third-order valence-electron chi connectivity index (χ3n) is 1.11. The van der Waals surface area contributed by atoms with Crippen LogP contribution in [0, 0.1) is 5.92 Å². The average molecular weight is 187 g/mol. The number of hydrogen-bond donors (Lipinski definition) is 0. The van der Waals surface area contributed by atoms with Crippen LogP contribution in [0.2, 0.25) is 0 Å². The maximum atomic E-state index is 5.59. The molecule has 0 spiro atoms. The molecule has 0 amide bonds. The summed E-state index contributed by atoms with van der Waals surface area (Å²) in [6.07, 6.45) is 3.42. The standard InChI is InChI=1S/C6H13Cl2P/c1-6(2)4-3-5-9(7)8/h6H,3-5H2,1-2H3. The quantitative estimate of drug-likeness (QED) is 0.578. The highest BCUT2D eigenvalue weighted by Crippen LogP contribution is 2.47. The van der Waals surface area contributed by atoms with Gasteiger partial charge in [-0.1, -0.05) is 42.7 Å². The van der Waals surface area contributed by atoms with Gasteiger partial charge in [-0.3, -0.25) is 0 Å². The Bertz CT molecular complexity index is 56.1. The highest BCUT2D eigenvalue weighted by molar-refractivity contribution is 8.03. The van der Waals surface area contributed by atoms with E-state index in [1.807, 2.05) is 0 Å². The Morgan fingerprint density at radius 2 is 1.89 bits per heavy atom. The molecule has 9 heavy (non-hydrogen) atoms. The van der Waals surface area contributed by atoms with Crippen molar-refractivity contribution in [2.45, 2.75) is 26.7 Å². The summed E-state index contributed by atoms with van der Waals surface area (Å²) in [7, 11) is 0. The Morgan fingerprint density at radius 3 is 2.22 bits per heavy atom. The van der Waals surface area contributed by atoms with Gasteiger partial charge in [-0.15, -0.1) is 0 Å². The Kier molecular flexibility index (Phi) is 6.42. The van der Waals surface area contributed by atoms with Crippen molar-refractivity contribution in [2.75, 3.05) is 6.16 Å². The molecule has 0 N–H and O–H groups in total. The molecule has 0 saturated heterocycles. The summed E-state index contributed by atoms with van der Waals surface area (Å²) >= 11 is 11.2. The molecule has 0 aliphatic carbocycles. The van der Waals surface area contributed by atoms with Crippen molar-refractivity contribution in [3.63, 3.8) is 0 Å². The second-order valence-corrected chi connectivity index (χ2v) is 6.58. The molecule has 0 heterocycles. The van der Waals surface area contributed by atoms with E-state index in [1.54, 1.807) is 0 Å². The van der Waals surface area contributed by atoms with Crippen LogP contribution in [0.5, 0.6) is 0 Å². The molecule has 56 valence electrons. The number of halogens is 2. The van der Waals surface area contributed by atoms with Crippen molar-refractivity contribution in [3.8, 4) is 0 Å².